The minimum Gasteiger partial charge on any atom is -0.351 e. The molecular weight excluding hydrogens is 420 g/mol. The zero-order valence-electron chi connectivity index (χ0n) is 17.6. The Labute approximate surface area is 184 Å². The Bertz CT molecular complexity index is 1000. The first-order valence-corrected chi connectivity index (χ1v) is 10.2. The number of hydrogen-bond acceptors (Lipinski definition) is 4. The van der Waals surface area contributed by atoms with Gasteiger partial charge in [0, 0.05) is 37.8 Å². The highest BCUT2D eigenvalue weighted by atomic mass is 19.1. The quantitative estimate of drug-likeness (QED) is 0.655. The van der Waals surface area contributed by atoms with Crippen LogP contribution >= 0.6 is 0 Å². The molecule has 2 aromatic rings. The molecule has 2 aromatic carbocycles. The number of amides is 4. The summed E-state index contributed by atoms with van der Waals surface area (Å²) < 4.78 is 27.2. The Balaban J connectivity index is 1.88. The molecule has 1 heterocycles. The highest BCUT2D eigenvalue weighted by Crippen LogP contribution is 2.21. The summed E-state index contributed by atoms with van der Waals surface area (Å²) in [4.78, 5) is 41.5. The van der Waals surface area contributed by atoms with Crippen molar-refractivity contribution < 1.29 is 23.2 Å². The van der Waals surface area contributed by atoms with Gasteiger partial charge in [0.1, 0.15) is 11.6 Å². The maximum Gasteiger partial charge on any atom is 0.323 e. The lowest BCUT2D eigenvalue weighted by atomic mass is 10.1. The first-order valence-electron chi connectivity index (χ1n) is 10.2. The summed E-state index contributed by atoms with van der Waals surface area (Å²) in [5.41, 5.74) is 6.58. The maximum atomic E-state index is 14.0. The molecule has 8 nitrogen and oxygen atoms in total. The van der Waals surface area contributed by atoms with Crippen LogP contribution in [0.1, 0.15) is 22.3 Å². The Kier molecular flexibility index (Phi) is 7.37. The van der Waals surface area contributed by atoms with E-state index in [1.54, 1.807) is 24.3 Å². The van der Waals surface area contributed by atoms with Crippen LogP contribution in [0, 0.1) is 18.6 Å². The van der Waals surface area contributed by atoms with Gasteiger partial charge in [-0.25, -0.2) is 13.6 Å². The minimum absolute atomic E-state index is 0.157. The van der Waals surface area contributed by atoms with Crippen LogP contribution in [0.3, 0.4) is 0 Å². The Morgan fingerprint density at radius 3 is 2.41 bits per heavy atom. The molecule has 170 valence electrons. The molecule has 1 saturated heterocycles. The molecule has 1 aliphatic rings. The van der Waals surface area contributed by atoms with Gasteiger partial charge in [-0.2, -0.15) is 0 Å². The lowest BCUT2D eigenvalue weighted by Gasteiger charge is -2.42. The number of nitrogens with zero attached hydrogens (tertiary/aromatic N) is 2. The normalized spacial score (nSPS) is 15.9. The standard InChI is InChI=1S/C22H25F2N5O3/c1-14-3-5-15(6-4-14)21(31)28-11-2-12-29(20(28)19(30)26-10-9-25)22(32)27-18-8-7-16(23)13-17(18)24/h3-8,13,20H,2,9-12,25H2,1H3,(H,26,30)(H,27,32). The zero-order chi connectivity index (χ0) is 23.3. The molecule has 10 heteroatoms. The predicted octanol–water partition coefficient (Wildman–Crippen LogP) is 2.05. The van der Waals surface area contributed by atoms with E-state index in [4.69, 9.17) is 5.73 Å². The lowest BCUT2D eigenvalue weighted by Crippen LogP contribution is -2.64. The second kappa shape index (κ2) is 10.2. The summed E-state index contributed by atoms with van der Waals surface area (Å²) in [6.45, 7) is 2.63. The zero-order valence-corrected chi connectivity index (χ0v) is 17.6. The van der Waals surface area contributed by atoms with Crippen LogP contribution in [-0.4, -0.2) is 60.0 Å². The molecule has 0 aliphatic carbocycles. The third-order valence-electron chi connectivity index (χ3n) is 5.06. The SMILES string of the molecule is Cc1ccc(C(=O)N2CCCN(C(=O)Nc3ccc(F)cc3F)C2C(=O)NCCN)cc1. The average Bonchev–Trinajstić information content (AvgIpc) is 2.78. The van der Waals surface area contributed by atoms with E-state index in [-0.39, 0.29) is 31.9 Å². The van der Waals surface area contributed by atoms with E-state index in [2.05, 4.69) is 10.6 Å². The van der Waals surface area contributed by atoms with E-state index in [1.807, 2.05) is 6.92 Å². The molecule has 3 rings (SSSR count). The van der Waals surface area contributed by atoms with Crippen molar-refractivity contribution >= 4 is 23.5 Å². The topological polar surface area (TPSA) is 108 Å². The smallest absolute Gasteiger partial charge is 0.323 e. The van der Waals surface area contributed by atoms with Gasteiger partial charge in [0.2, 0.25) is 0 Å². The predicted molar refractivity (Wildman–Crippen MR) is 115 cm³/mol. The lowest BCUT2D eigenvalue weighted by molar-refractivity contribution is -0.132. The number of nitrogens with one attached hydrogen (secondary N) is 2. The number of aryl methyl sites for hydroxylation is 1. The van der Waals surface area contributed by atoms with Gasteiger partial charge in [0.15, 0.2) is 6.17 Å². The van der Waals surface area contributed by atoms with Gasteiger partial charge >= 0.3 is 6.03 Å². The van der Waals surface area contributed by atoms with Crippen molar-refractivity contribution in [3.8, 4) is 0 Å². The van der Waals surface area contributed by atoms with Crippen molar-refractivity contribution in [1.82, 2.24) is 15.1 Å². The van der Waals surface area contributed by atoms with Crippen LogP contribution < -0.4 is 16.4 Å². The number of carbonyl (C=O) groups excluding carboxylic acids is 3. The largest absolute Gasteiger partial charge is 0.351 e. The number of nitrogens with two attached hydrogens (primary N) is 1. The molecule has 4 amide bonds. The first-order chi connectivity index (χ1) is 15.3. The minimum atomic E-state index is -1.26. The fourth-order valence-electron chi connectivity index (χ4n) is 3.46. The molecule has 0 bridgehead atoms. The molecule has 4 N–H and O–H groups in total. The molecule has 1 atom stereocenters. The highest BCUT2D eigenvalue weighted by molar-refractivity contribution is 6.00. The number of benzene rings is 2. The van der Waals surface area contributed by atoms with E-state index in [0.717, 1.165) is 22.6 Å². The van der Waals surface area contributed by atoms with E-state index in [9.17, 15) is 23.2 Å². The van der Waals surface area contributed by atoms with Crippen molar-refractivity contribution in [2.45, 2.75) is 19.5 Å². The number of anilines is 1. The van der Waals surface area contributed by atoms with E-state index in [0.29, 0.717) is 18.1 Å². The van der Waals surface area contributed by atoms with E-state index >= 15 is 0 Å². The van der Waals surface area contributed by atoms with Crippen molar-refractivity contribution in [2.24, 2.45) is 5.73 Å². The Hall–Kier alpha value is -3.53. The van der Waals surface area contributed by atoms with Crippen LogP contribution in [-0.2, 0) is 4.79 Å². The summed E-state index contributed by atoms with van der Waals surface area (Å²) in [6, 6.07) is 8.82. The van der Waals surface area contributed by atoms with Crippen LogP contribution in [0.2, 0.25) is 0 Å². The van der Waals surface area contributed by atoms with Crippen LogP contribution in [0.15, 0.2) is 42.5 Å². The highest BCUT2D eigenvalue weighted by Gasteiger charge is 2.40. The van der Waals surface area contributed by atoms with Gasteiger partial charge < -0.3 is 21.3 Å². The molecule has 0 aromatic heterocycles. The molecular formula is C22H25F2N5O3. The summed E-state index contributed by atoms with van der Waals surface area (Å²) in [5.74, 6) is -2.73. The van der Waals surface area contributed by atoms with Crippen molar-refractivity contribution in [2.75, 3.05) is 31.5 Å². The van der Waals surface area contributed by atoms with E-state index in [1.165, 1.54) is 4.90 Å². The third kappa shape index (κ3) is 5.20. The Morgan fingerprint density at radius 2 is 1.75 bits per heavy atom. The first kappa shape index (κ1) is 23.1. The van der Waals surface area contributed by atoms with Gasteiger partial charge in [0.25, 0.3) is 11.8 Å². The van der Waals surface area contributed by atoms with E-state index < -0.39 is 35.6 Å². The van der Waals surface area contributed by atoms with Crippen LogP contribution in [0.4, 0.5) is 19.3 Å². The van der Waals surface area contributed by atoms with Gasteiger partial charge in [0.05, 0.1) is 5.69 Å². The molecule has 1 unspecified atom stereocenters. The molecule has 32 heavy (non-hydrogen) atoms. The number of rotatable bonds is 5. The second-order valence-corrected chi connectivity index (χ2v) is 7.42. The number of carbonyl (C=O) groups is 3. The van der Waals surface area contributed by atoms with Crippen LogP contribution in [0.25, 0.3) is 0 Å². The third-order valence-corrected chi connectivity index (χ3v) is 5.06. The molecule has 0 radical (unpaired) electrons. The van der Waals surface area contributed by atoms with Gasteiger partial charge in [-0.05, 0) is 37.6 Å². The molecule has 1 fully saturated rings. The monoisotopic (exact) mass is 445 g/mol. The maximum absolute atomic E-state index is 14.0. The number of hydrogen-bond donors (Lipinski definition) is 3. The summed E-state index contributed by atoms with van der Waals surface area (Å²) in [6.07, 6.45) is -0.843. The fraction of sp³-hybridized carbons (Fsp3) is 0.318. The van der Waals surface area contributed by atoms with Crippen molar-refractivity contribution in [3.05, 3.63) is 65.2 Å². The number of urea groups is 1. The van der Waals surface area contributed by atoms with Gasteiger partial charge in [-0.3, -0.25) is 14.5 Å². The second-order valence-electron chi connectivity index (χ2n) is 7.42. The Morgan fingerprint density at radius 1 is 1.06 bits per heavy atom. The molecule has 0 saturated carbocycles. The molecule has 1 aliphatic heterocycles. The summed E-state index contributed by atoms with van der Waals surface area (Å²) in [5, 5.41) is 4.97. The fourth-order valence-corrected chi connectivity index (χ4v) is 3.46. The van der Waals surface area contributed by atoms with Gasteiger partial charge in [-0.15, -0.1) is 0 Å². The summed E-state index contributed by atoms with van der Waals surface area (Å²) >= 11 is 0. The molecule has 0 spiro atoms. The van der Waals surface area contributed by atoms with Gasteiger partial charge in [-0.1, -0.05) is 17.7 Å². The average molecular weight is 445 g/mol. The van der Waals surface area contributed by atoms with Crippen molar-refractivity contribution in [3.63, 3.8) is 0 Å². The van der Waals surface area contributed by atoms with Crippen molar-refractivity contribution in [1.29, 1.82) is 0 Å². The number of halogens is 2. The van der Waals surface area contributed by atoms with Crippen LogP contribution in [0.5, 0.6) is 0 Å². The summed E-state index contributed by atoms with van der Waals surface area (Å²) in [7, 11) is 0.